The van der Waals surface area contributed by atoms with Crippen LogP contribution in [-0.2, 0) is 7.05 Å². The average molecular weight is 244 g/mol. The molecule has 16 heavy (non-hydrogen) atoms. The van der Waals surface area contributed by atoms with E-state index in [0.717, 1.165) is 31.6 Å². The maximum Gasteiger partial charge on any atom is 0.269 e. The number of halogens is 1. The number of rotatable bonds is 7. The average Bonchev–Trinajstić information content (AvgIpc) is 2.69. The van der Waals surface area contributed by atoms with E-state index in [1.165, 1.54) is 0 Å². The largest absolute Gasteiger partial charge is 0.351 e. The van der Waals surface area contributed by atoms with E-state index in [9.17, 15) is 4.79 Å². The normalized spacial score (nSPS) is 10.4. The highest BCUT2D eigenvalue weighted by Gasteiger charge is 2.07. The summed E-state index contributed by atoms with van der Waals surface area (Å²) >= 11 is 5.57. The first kappa shape index (κ1) is 13.0. The summed E-state index contributed by atoms with van der Waals surface area (Å²) in [5.74, 6) is 0.666. The number of aromatic nitrogens is 2. The number of unbranched alkanes of at least 4 members (excludes halogenated alkanes) is 3. The van der Waals surface area contributed by atoms with Crippen molar-refractivity contribution in [2.75, 3.05) is 12.4 Å². The van der Waals surface area contributed by atoms with Crippen LogP contribution < -0.4 is 5.32 Å². The lowest BCUT2D eigenvalue weighted by molar-refractivity contribution is 0.0943. The molecule has 0 fully saturated rings. The molecule has 0 bridgehead atoms. The first-order chi connectivity index (χ1) is 7.75. The van der Waals surface area contributed by atoms with Crippen LogP contribution in [0.2, 0.25) is 0 Å². The Kier molecular flexibility index (Phi) is 5.93. The van der Waals surface area contributed by atoms with Crippen LogP contribution in [0.4, 0.5) is 0 Å². The lowest BCUT2D eigenvalue weighted by Crippen LogP contribution is -2.26. The van der Waals surface area contributed by atoms with Crippen LogP contribution in [-0.4, -0.2) is 28.1 Å². The summed E-state index contributed by atoms with van der Waals surface area (Å²) in [6, 6.07) is 1.71. The van der Waals surface area contributed by atoms with Crippen molar-refractivity contribution in [2.24, 2.45) is 7.05 Å². The number of carbonyl (C=O) groups excluding carboxylic acids is 1. The van der Waals surface area contributed by atoms with Gasteiger partial charge in [-0.05, 0) is 18.9 Å². The van der Waals surface area contributed by atoms with Crippen LogP contribution in [0.25, 0.3) is 0 Å². The summed E-state index contributed by atoms with van der Waals surface area (Å²) in [7, 11) is 1.76. The van der Waals surface area contributed by atoms with Crippen molar-refractivity contribution >= 4 is 17.5 Å². The number of nitrogens with zero attached hydrogens (tertiary/aromatic N) is 2. The van der Waals surface area contributed by atoms with E-state index in [-0.39, 0.29) is 5.91 Å². The first-order valence-electron chi connectivity index (χ1n) is 5.58. The summed E-state index contributed by atoms with van der Waals surface area (Å²) in [4.78, 5) is 11.6. The van der Waals surface area contributed by atoms with Gasteiger partial charge in [-0.25, -0.2) is 0 Å². The number of aryl methyl sites for hydroxylation is 1. The van der Waals surface area contributed by atoms with Crippen molar-refractivity contribution in [1.82, 2.24) is 15.1 Å². The van der Waals surface area contributed by atoms with Crippen LogP contribution in [0, 0.1) is 0 Å². The van der Waals surface area contributed by atoms with Crippen molar-refractivity contribution < 1.29 is 4.79 Å². The number of nitrogens with one attached hydrogen (secondary N) is 1. The summed E-state index contributed by atoms with van der Waals surface area (Å²) in [6.07, 6.45) is 5.91. The first-order valence-corrected chi connectivity index (χ1v) is 6.11. The highest BCUT2D eigenvalue weighted by atomic mass is 35.5. The molecule has 0 unspecified atom stereocenters. The second kappa shape index (κ2) is 7.28. The van der Waals surface area contributed by atoms with Crippen molar-refractivity contribution in [2.45, 2.75) is 25.7 Å². The summed E-state index contributed by atoms with van der Waals surface area (Å²) in [5.41, 5.74) is 0.598. The zero-order valence-electron chi connectivity index (χ0n) is 9.58. The minimum Gasteiger partial charge on any atom is -0.351 e. The zero-order valence-corrected chi connectivity index (χ0v) is 10.3. The molecule has 0 aliphatic carbocycles. The van der Waals surface area contributed by atoms with Crippen LogP contribution in [0.5, 0.6) is 0 Å². The molecule has 0 aliphatic heterocycles. The van der Waals surface area contributed by atoms with E-state index < -0.39 is 0 Å². The lowest BCUT2D eigenvalue weighted by Gasteiger charge is -2.04. The van der Waals surface area contributed by atoms with Crippen molar-refractivity contribution in [3.63, 3.8) is 0 Å². The van der Waals surface area contributed by atoms with Crippen molar-refractivity contribution in [3.05, 3.63) is 18.0 Å². The van der Waals surface area contributed by atoms with Crippen LogP contribution in [0.3, 0.4) is 0 Å². The van der Waals surface area contributed by atoms with E-state index in [4.69, 9.17) is 11.6 Å². The van der Waals surface area contributed by atoms with Gasteiger partial charge in [-0.1, -0.05) is 12.8 Å². The smallest absolute Gasteiger partial charge is 0.269 e. The minimum absolute atomic E-state index is 0.0580. The molecule has 1 N–H and O–H groups in total. The molecule has 0 aromatic carbocycles. The molecule has 0 radical (unpaired) electrons. The summed E-state index contributed by atoms with van der Waals surface area (Å²) < 4.78 is 1.57. The Labute approximate surface area is 101 Å². The Morgan fingerprint density at radius 2 is 2.19 bits per heavy atom. The van der Waals surface area contributed by atoms with E-state index in [2.05, 4.69) is 10.4 Å². The van der Waals surface area contributed by atoms with E-state index >= 15 is 0 Å². The van der Waals surface area contributed by atoms with E-state index in [1.807, 2.05) is 0 Å². The second-order valence-electron chi connectivity index (χ2n) is 3.70. The number of hydrogen-bond acceptors (Lipinski definition) is 2. The quantitative estimate of drug-likeness (QED) is 0.588. The summed E-state index contributed by atoms with van der Waals surface area (Å²) in [6.45, 7) is 0.715. The Hall–Kier alpha value is -1.03. The van der Waals surface area contributed by atoms with E-state index in [0.29, 0.717) is 12.2 Å². The fourth-order valence-electron chi connectivity index (χ4n) is 1.46. The number of carbonyl (C=O) groups is 1. The highest BCUT2D eigenvalue weighted by molar-refractivity contribution is 6.17. The Morgan fingerprint density at radius 3 is 2.81 bits per heavy atom. The molecular formula is C11H18ClN3O. The maximum atomic E-state index is 11.6. The molecule has 1 amide bonds. The highest BCUT2D eigenvalue weighted by Crippen LogP contribution is 2.01. The Balaban J connectivity index is 2.14. The molecular weight excluding hydrogens is 226 g/mol. The van der Waals surface area contributed by atoms with Crippen LogP contribution in [0.15, 0.2) is 12.3 Å². The minimum atomic E-state index is -0.0580. The molecule has 0 saturated carbocycles. The van der Waals surface area contributed by atoms with Gasteiger partial charge in [0, 0.05) is 25.7 Å². The fraction of sp³-hybridized carbons (Fsp3) is 0.636. The predicted molar refractivity (Wildman–Crippen MR) is 64.7 cm³/mol. The molecule has 1 heterocycles. The third-order valence-electron chi connectivity index (χ3n) is 2.40. The third kappa shape index (κ3) is 4.23. The molecule has 1 aromatic heterocycles. The monoisotopic (exact) mass is 243 g/mol. The number of amides is 1. The van der Waals surface area contributed by atoms with Crippen molar-refractivity contribution in [3.8, 4) is 0 Å². The van der Waals surface area contributed by atoms with Gasteiger partial charge in [0.25, 0.3) is 5.91 Å². The van der Waals surface area contributed by atoms with Gasteiger partial charge in [-0.3, -0.25) is 9.48 Å². The van der Waals surface area contributed by atoms with Gasteiger partial charge in [-0.15, -0.1) is 11.6 Å². The molecule has 0 saturated heterocycles. The SMILES string of the molecule is Cn1nccc1C(=O)NCCCCCCCl. The fourth-order valence-corrected chi connectivity index (χ4v) is 1.65. The summed E-state index contributed by atoms with van der Waals surface area (Å²) in [5, 5.41) is 6.82. The second-order valence-corrected chi connectivity index (χ2v) is 4.08. The third-order valence-corrected chi connectivity index (χ3v) is 2.67. The van der Waals surface area contributed by atoms with Gasteiger partial charge >= 0.3 is 0 Å². The predicted octanol–water partition coefficient (Wildman–Crippen LogP) is 1.95. The molecule has 1 rings (SSSR count). The van der Waals surface area contributed by atoms with Crippen LogP contribution >= 0.6 is 11.6 Å². The Bertz CT molecular complexity index is 325. The van der Waals surface area contributed by atoms with Crippen molar-refractivity contribution in [1.29, 1.82) is 0 Å². The number of alkyl halides is 1. The molecule has 1 aromatic rings. The van der Waals surface area contributed by atoms with Gasteiger partial charge in [-0.2, -0.15) is 5.10 Å². The van der Waals surface area contributed by atoms with Gasteiger partial charge in [0.2, 0.25) is 0 Å². The molecule has 4 nitrogen and oxygen atoms in total. The van der Waals surface area contributed by atoms with Gasteiger partial charge in [0.15, 0.2) is 0 Å². The van der Waals surface area contributed by atoms with Crippen LogP contribution in [0.1, 0.15) is 36.2 Å². The maximum absolute atomic E-state index is 11.6. The topological polar surface area (TPSA) is 46.9 Å². The molecule has 5 heteroatoms. The standard InChI is InChI=1S/C11H18ClN3O/c1-15-10(6-9-14-15)11(16)13-8-5-3-2-4-7-12/h6,9H,2-5,7-8H2,1H3,(H,13,16). The lowest BCUT2D eigenvalue weighted by atomic mass is 10.2. The molecule has 0 aliphatic rings. The zero-order chi connectivity index (χ0) is 11.8. The molecule has 0 atom stereocenters. The van der Waals surface area contributed by atoms with Gasteiger partial charge < -0.3 is 5.32 Å². The molecule has 0 spiro atoms. The Morgan fingerprint density at radius 1 is 1.44 bits per heavy atom. The number of hydrogen-bond donors (Lipinski definition) is 1. The van der Waals surface area contributed by atoms with Gasteiger partial charge in [0.1, 0.15) is 5.69 Å². The van der Waals surface area contributed by atoms with Gasteiger partial charge in [0.05, 0.1) is 0 Å². The molecule has 90 valence electrons. The van der Waals surface area contributed by atoms with E-state index in [1.54, 1.807) is 24.0 Å².